The van der Waals surface area contributed by atoms with E-state index in [2.05, 4.69) is 0 Å². The molecule has 1 aliphatic heterocycles. The Labute approximate surface area is 91.3 Å². The zero-order valence-corrected chi connectivity index (χ0v) is 9.75. The molecule has 1 heterocycles. The Morgan fingerprint density at radius 3 is 2.40 bits per heavy atom. The Bertz CT molecular complexity index is 271. The highest BCUT2D eigenvalue weighted by molar-refractivity contribution is 7.89. The fourth-order valence-electron chi connectivity index (χ4n) is 1.68. The fourth-order valence-corrected chi connectivity index (χ4v) is 3.27. The van der Waals surface area contributed by atoms with E-state index in [-0.39, 0.29) is 11.9 Å². The van der Waals surface area contributed by atoms with E-state index in [1.54, 1.807) is 0 Å². The number of rotatable bonds is 5. The summed E-state index contributed by atoms with van der Waals surface area (Å²) in [5, 5.41) is 9.27. The van der Waals surface area contributed by atoms with E-state index >= 15 is 0 Å². The molecule has 0 atom stereocenters. The third kappa shape index (κ3) is 4.06. The average molecular weight is 236 g/mol. The molecule has 0 aromatic carbocycles. The Balaban J connectivity index is 2.40. The highest BCUT2D eigenvalue weighted by atomic mass is 32.2. The van der Waals surface area contributed by atoms with E-state index in [4.69, 9.17) is 5.73 Å². The van der Waals surface area contributed by atoms with E-state index in [0.717, 1.165) is 6.42 Å². The lowest BCUT2D eigenvalue weighted by molar-refractivity contribution is 0.113. The molecule has 0 spiro atoms. The van der Waals surface area contributed by atoms with Gasteiger partial charge in [0.25, 0.3) is 0 Å². The standard InChI is InChI=1S/C9H20N2O3S/c10-5-1-2-8-15(13,14)11-6-3-9(12)4-7-11/h9,12H,1-8,10H2. The van der Waals surface area contributed by atoms with Gasteiger partial charge < -0.3 is 10.8 Å². The highest BCUT2D eigenvalue weighted by Crippen LogP contribution is 2.14. The third-order valence-electron chi connectivity index (χ3n) is 2.67. The van der Waals surface area contributed by atoms with Crippen LogP contribution in [0.2, 0.25) is 0 Å². The molecular weight excluding hydrogens is 216 g/mol. The van der Waals surface area contributed by atoms with Gasteiger partial charge >= 0.3 is 0 Å². The molecule has 0 amide bonds. The molecule has 0 aliphatic carbocycles. The molecule has 0 saturated carbocycles. The Kier molecular flexibility index (Phi) is 4.98. The molecule has 6 heteroatoms. The largest absolute Gasteiger partial charge is 0.393 e. The molecule has 1 fully saturated rings. The van der Waals surface area contributed by atoms with Gasteiger partial charge in [0.2, 0.25) is 10.0 Å². The van der Waals surface area contributed by atoms with Crippen molar-refractivity contribution in [1.82, 2.24) is 4.31 Å². The van der Waals surface area contributed by atoms with Gasteiger partial charge in [-0.3, -0.25) is 0 Å². The van der Waals surface area contributed by atoms with Gasteiger partial charge in [0.05, 0.1) is 11.9 Å². The van der Waals surface area contributed by atoms with Gasteiger partial charge in [-0.05, 0) is 32.2 Å². The van der Waals surface area contributed by atoms with Crippen LogP contribution in [0.15, 0.2) is 0 Å². The van der Waals surface area contributed by atoms with Gasteiger partial charge in [0, 0.05) is 13.1 Å². The zero-order valence-electron chi connectivity index (χ0n) is 8.93. The summed E-state index contributed by atoms with van der Waals surface area (Å²) >= 11 is 0. The lowest BCUT2D eigenvalue weighted by Crippen LogP contribution is -2.41. The lowest BCUT2D eigenvalue weighted by Gasteiger charge is -2.28. The lowest BCUT2D eigenvalue weighted by atomic mass is 10.1. The van der Waals surface area contributed by atoms with Gasteiger partial charge in [0.15, 0.2) is 0 Å². The molecule has 90 valence electrons. The number of hydrogen-bond acceptors (Lipinski definition) is 4. The van der Waals surface area contributed by atoms with E-state index in [9.17, 15) is 13.5 Å². The molecule has 3 N–H and O–H groups in total. The second kappa shape index (κ2) is 5.79. The maximum atomic E-state index is 11.8. The molecule has 1 aliphatic rings. The first-order valence-corrected chi connectivity index (χ1v) is 7.03. The molecule has 15 heavy (non-hydrogen) atoms. The average Bonchev–Trinajstić information content (AvgIpc) is 2.18. The van der Waals surface area contributed by atoms with Crippen molar-refractivity contribution in [3.05, 3.63) is 0 Å². The fraction of sp³-hybridized carbons (Fsp3) is 1.00. The maximum absolute atomic E-state index is 11.8. The summed E-state index contributed by atoms with van der Waals surface area (Å²) in [7, 11) is -3.11. The molecule has 1 saturated heterocycles. The molecule has 5 nitrogen and oxygen atoms in total. The van der Waals surface area contributed by atoms with Crippen molar-refractivity contribution in [3.63, 3.8) is 0 Å². The summed E-state index contributed by atoms with van der Waals surface area (Å²) in [5.41, 5.74) is 5.31. The first-order valence-electron chi connectivity index (χ1n) is 5.42. The van der Waals surface area contributed by atoms with Gasteiger partial charge in [-0.1, -0.05) is 0 Å². The van der Waals surface area contributed by atoms with Crippen LogP contribution in [0.4, 0.5) is 0 Å². The van der Waals surface area contributed by atoms with Crippen LogP contribution in [0.3, 0.4) is 0 Å². The van der Waals surface area contributed by atoms with Crippen LogP contribution < -0.4 is 5.73 Å². The number of unbranched alkanes of at least 4 members (excludes halogenated alkanes) is 1. The summed E-state index contributed by atoms with van der Waals surface area (Å²) in [6, 6.07) is 0. The minimum absolute atomic E-state index is 0.181. The van der Waals surface area contributed by atoms with Crippen molar-refractivity contribution in [1.29, 1.82) is 0 Å². The number of nitrogens with two attached hydrogens (primary N) is 1. The van der Waals surface area contributed by atoms with Crippen LogP contribution >= 0.6 is 0 Å². The molecule has 0 radical (unpaired) electrons. The molecule has 0 unspecified atom stereocenters. The van der Waals surface area contributed by atoms with E-state index in [1.165, 1.54) is 4.31 Å². The predicted molar refractivity (Wildman–Crippen MR) is 58.9 cm³/mol. The summed E-state index contributed by atoms with van der Waals surface area (Å²) in [6.45, 7) is 1.44. The second-order valence-electron chi connectivity index (χ2n) is 3.94. The minimum atomic E-state index is -3.11. The van der Waals surface area contributed by atoms with Crippen molar-refractivity contribution in [3.8, 4) is 0 Å². The van der Waals surface area contributed by atoms with Crippen molar-refractivity contribution in [2.45, 2.75) is 31.8 Å². The topological polar surface area (TPSA) is 83.6 Å². The number of piperidine rings is 1. The Morgan fingerprint density at radius 2 is 1.87 bits per heavy atom. The molecular formula is C9H20N2O3S. The smallest absolute Gasteiger partial charge is 0.214 e. The van der Waals surface area contributed by atoms with Gasteiger partial charge in [-0.25, -0.2) is 12.7 Å². The SMILES string of the molecule is NCCCCS(=O)(=O)N1CCC(O)CC1. The second-order valence-corrected chi connectivity index (χ2v) is 6.03. The Morgan fingerprint density at radius 1 is 1.27 bits per heavy atom. The molecule has 0 aromatic rings. The van der Waals surface area contributed by atoms with Gasteiger partial charge in [-0.15, -0.1) is 0 Å². The van der Waals surface area contributed by atoms with E-state index in [0.29, 0.717) is 38.9 Å². The third-order valence-corrected chi connectivity index (χ3v) is 4.63. The van der Waals surface area contributed by atoms with E-state index < -0.39 is 10.0 Å². The van der Waals surface area contributed by atoms with Crippen molar-refractivity contribution < 1.29 is 13.5 Å². The van der Waals surface area contributed by atoms with Crippen LogP contribution in [-0.4, -0.2) is 49.3 Å². The number of aliphatic hydroxyl groups is 1. The summed E-state index contributed by atoms with van der Waals surface area (Å²) in [4.78, 5) is 0. The first-order chi connectivity index (χ1) is 7.06. The highest BCUT2D eigenvalue weighted by Gasteiger charge is 2.26. The monoisotopic (exact) mass is 236 g/mol. The molecule has 1 rings (SSSR count). The quantitative estimate of drug-likeness (QED) is 0.631. The number of hydrogen-bond donors (Lipinski definition) is 2. The first kappa shape index (κ1) is 12.9. The summed E-state index contributed by atoms with van der Waals surface area (Å²) < 4.78 is 25.0. The van der Waals surface area contributed by atoms with Crippen LogP contribution in [0, 0.1) is 0 Å². The normalized spacial score (nSPS) is 20.7. The number of aliphatic hydroxyl groups excluding tert-OH is 1. The van der Waals surface area contributed by atoms with Gasteiger partial charge in [-0.2, -0.15) is 0 Å². The van der Waals surface area contributed by atoms with E-state index in [1.807, 2.05) is 0 Å². The van der Waals surface area contributed by atoms with Crippen molar-refractivity contribution in [2.24, 2.45) is 5.73 Å². The minimum Gasteiger partial charge on any atom is -0.393 e. The van der Waals surface area contributed by atoms with Crippen LogP contribution in [0.25, 0.3) is 0 Å². The molecule has 0 bridgehead atoms. The molecule has 0 aromatic heterocycles. The predicted octanol–water partition coefficient (Wildman–Crippen LogP) is -0.488. The van der Waals surface area contributed by atoms with Crippen LogP contribution in [0.5, 0.6) is 0 Å². The summed E-state index contributed by atoms with van der Waals surface area (Å²) in [5.74, 6) is 0.181. The maximum Gasteiger partial charge on any atom is 0.214 e. The Hall–Kier alpha value is -0.170. The summed E-state index contributed by atoms with van der Waals surface area (Å²) in [6.07, 6.45) is 2.14. The van der Waals surface area contributed by atoms with Crippen molar-refractivity contribution >= 4 is 10.0 Å². The number of sulfonamides is 1. The van der Waals surface area contributed by atoms with Crippen LogP contribution in [0.1, 0.15) is 25.7 Å². The van der Waals surface area contributed by atoms with Crippen LogP contribution in [-0.2, 0) is 10.0 Å². The van der Waals surface area contributed by atoms with Gasteiger partial charge in [0.1, 0.15) is 0 Å². The van der Waals surface area contributed by atoms with Crippen molar-refractivity contribution in [2.75, 3.05) is 25.4 Å². The zero-order chi connectivity index (χ0) is 11.3. The number of nitrogens with zero attached hydrogens (tertiary/aromatic N) is 1.